The Morgan fingerprint density at radius 1 is 1.18 bits per heavy atom. The lowest BCUT2D eigenvalue weighted by Crippen LogP contribution is -2.25. The molecule has 4 N–H and O–H groups in total. The van der Waals surface area contributed by atoms with Gasteiger partial charge in [0.2, 0.25) is 0 Å². The van der Waals surface area contributed by atoms with Crippen molar-refractivity contribution in [2.45, 2.75) is 25.7 Å². The van der Waals surface area contributed by atoms with Crippen LogP contribution in [0.25, 0.3) is 0 Å². The molecule has 17 heavy (non-hydrogen) atoms. The molecule has 0 spiro atoms. The van der Waals surface area contributed by atoms with Crippen LogP contribution in [0.2, 0.25) is 10.0 Å². The van der Waals surface area contributed by atoms with Gasteiger partial charge in [0.1, 0.15) is 0 Å². The fourth-order valence-corrected chi connectivity index (χ4v) is 2.50. The maximum atomic E-state index is 6.24. The molecule has 0 saturated heterocycles. The summed E-state index contributed by atoms with van der Waals surface area (Å²) in [6, 6.07) is 5.78. The van der Waals surface area contributed by atoms with Crippen molar-refractivity contribution in [3.63, 3.8) is 0 Å². The highest BCUT2D eigenvalue weighted by Crippen LogP contribution is 2.35. The summed E-state index contributed by atoms with van der Waals surface area (Å²) in [5, 5.41) is 1.27. The smallest absolute Gasteiger partial charge is 0.0627 e. The van der Waals surface area contributed by atoms with Crippen LogP contribution in [0.1, 0.15) is 31.2 Å². The lowest BCUT2D eigenvalue weighted by Gasteiger charge is -2.22. The van der Waals surface area contributed by atoms with Gasteiger partial charge >= 0.3 is 0 Å². The molecule has 1 unspecified atom stereocenters. The Balaban J connectivity index is 2.89. The fraction of sp³-hybridized carbons (Fsp3) is 0.538. The van der Waals surface area contributed by atoms with Crippen molar-refractivity contribution in [3.8, 4) is 0 Å². The monoisotopic (exact) mass is 274 g/mol. The first-order valence-electron chi connectivity index (χ1n) is 5.98. The SMILES string of the molecule is CCC(CC(CN)CN)c1cccc(Cl)c1Cl. The zero-order valence-electron chi connectivity index (χ0n) is 10.1. The van der Waals surface area contributed by atoms with Crippen LogP contribution < -0.4 is 11.5 Å². The van der Waals surface area contributed by atoms with Crippen LogP contribution in [-0.2, 0) is 0 Å². The zero-order valence-corrected chi connectivity index (χ0v) is 11.6. The van der Waals surface area contributed by atoms with Gasteiger partial charge in [0.25, 0.3) is 0 Å². The lowest BCUT2D eigenvalue weighted by molar-refractivity contribution is 0.442. The molecular weight excluding hydrogens is 255 g/mol. The van der Waals surface area contributed by atoms with Crippen LogP contribution in [0.5, 0.6) is 0 Å². The summed E-state index contributed by atoms with van der Waals surface area (Å²) in [6.45, 7) is 3.38. The molecule has 1 aromatic carbocycles. The molecule has 0 amide bonds. The van der Waals surface area contributed by atoms with Crippen LogP contribution >= 0.6 is 23.2 Å². The molecule has 4 heteroatoms. The second-order valence-corrected chi connectivity index (χ2v) is 5.11. The highest BCUT2D eigenvalue weighted by Gasteiger charge is 2.18. The second kappa shape index (κ2) is 7.22. The molecule has 96 valence electrons. The minimum atomic E-state index is 0.343. The minimum Gasteiger partial charge on any atom is -0.330 e. The van der Waals surface area contributed by atoms with Crippen molar-refractivity contribution in [1.29, 1.82) is 0 Å². The Morgan fingerprint density at radius 3 is 2.35 bits per heavy atom. The van der Waals surface area contributed by atoms with Crippen molar-refractivity contribution >= 4 is 23.2 Å². The predicted octanol–water partition coefficient (Wildman–Crippen LogP) is 3.41. The van der Waals surface area contributed by atoms with E-state index in [9.17, 15) is 0 Å². The summed E-state index contributed by atoms with van der Waals surface area (Å²) < 4.78 is 0. The molecule has 0 heterocycles. The highest BCUT2D eigenvalue weighted by molar-refractivity contribution is 6.42. The summed E-state index contributed by atoms with van der Waals surface area (Å²) >= 11 is 12.3. The number of hydrogen-bond acceptors (Lipinski definition) is 2. The largest absolute Gasteiger partial charge is 0.330 e. The number of nitrogens with two attached hydrogens (primary N) is 2. The number of rotatable bonds is 6. The standard InChI is InChI=1S/C13H20Cl2N2/c1-2-10(6-9(7-16)8-17)11-4-3-5-12(14)13(11)15/h3-5,9-10H,2,6-8,16-17H2,1H3. The normalized spacial score (nSPS) is 13.1. The summed E-state index contributed by atoms with van der Waals surface area (Å²) in [5.41, 5.74) is 12.5. The Bertz CT molecular complexity index is 351. The van der Waals surface area contributed by atoms with Crippen LogP contribution in [0.3, 0.4) is 0 Å². The van der Waals surface area contributed by atoms with Gasteiger partial charge in [-0.05, 0) is 49.4 Å². The van der Waals surface area contributed by atoms with Crippen molar-refractivity contribution in [2.24, 2.45) is 17.4 Å². The van der Waals surface area contributed by atoms with Crippen molar-refractivity contribution in [3.05, 3.63) is 33.8 Å². The molecule has 0 aliphatic carbocycles. The first-order chi connectivity index (χ1) is 8.13. The molecule has 1 rings (SSSR count). The quantitative estimate of drug-likeness (QED) is 0.835. The maximum absolute atomic E-state index is 6.24. The third kappa shape index (κ3) is 3.85. The fourth-order valence-electron chi connectivity index (χ4n) is 2.04. The molecule has 0 aromatic heterocycles. The molecule has 0 aliphatic rings. The Labute approximate surface area is 113 Å². The first-order valence-corrected chi connectivity index (χ1v) is 6.73. The van der Waals surface area contributed by atoms with Crippen molar-refractivity contribution in [1.82, 2.24) is 0 Å². The molecule has 0 radical (unpaired) electrons. The molecule has 1 atom stereocenters. The van der Waals surface area contributed by atoms with Crippen LogP contribution in [0.15, 0.2) is 18.2 Å². The van der Waals surface area contributed by atoms with E-state index in [1.807, 2.05) is 18.2 Å². The van der Waals surface area contributed by atoms with Gasteiger partial charge in [-0.3, -0.25) is 0 Å². The Kier molecular flexibility index (Phi) is 6.28. The third-order valence-corrected chi connectivity index (χ3v) is 4.03. The summed E-state index contributed by atoms with van der Waals surface area (Å²) in [4.78, 5) is 0. The van der Waals surface area contributed by atoms with Crippen LogP contribution in [-0.4, -0.2) is 13.1 Å². The predicted molar refractivity (Wildman–Crippen MR) is 75.7 cm³/mol. The Hall–Kier alpha value is -0.280. The molecule has 0 aliphatic heterocycles. The zero-order chi connectivity index (χ0) is 12.8. The Morgan fingerprint density at radius 2 is 1.82 bits per heavy atom. The summed E-state index contributed by atoms with van der Waals surface area (Å²) in [6.07, 6.45) is 1.97. The third-order valence-electron chi connectivity index (χ3n) is 3.20. The van der Waals surface area contributed by atoms with Gasteiger partial charge in [-0.15, -0.1) is 0 Å². The molecular formula is C13H20Cl2N2. The molecule has 2 nitrogen and oxygen atoms in total. The number of benzene rings is 1. The van der Waals surface area contributed by atoms with Gasteiger partial charge in [-0.1, -0.05) is 42.3 Å². The van der Waals surface area contributed by atoms with E-state index in [4.69, 9.17) is 34.7 Å². The number of hydrogen-bond donors (Lipinski definition) is 2. The van der Waals surface area contributed by atoms with E-state index >= 15 is 0 Å². The van der Waals surface area contributed by atoms with Gasteiger partial charge < -0.3 is 11.5 Å². The molecule has 0 saturated carbocycles. The van der Waals surface area contributed by atoms with E-state index in [1.165, 1.54) is 0 Å². The molecule has 0 fully saturated rings. The van der Waals surface area contributed by atoms with Crippen molar-refractivity contribution in [2.75, 3.05) is 13.1 Å². The van der Waals surface area contributed by atoms with Crippen molar-refractivity contribution < 1.29 is 0 Å². The van der Waals surface area contributed by atoms with Gasteiger partial charge in [-0.25, -0.2) is 0 Å². The van der Waals surface area contributed by atoms with E-state index in [-0.39, 0.29) is 0 Å². The van der Waals surface area contributed by atoms with Gasteiger partial charge in [-0.2, -0.15) is 0 Å². The maximum Gasteiger partial charge on any atom is 0.0627 e. The van der Waals surface area contributed by atoms with E-state index in [0.717, 1.165) is 18.4 Å². The minimum absolute atomic E-state index is 0.343. The van der Waals surface area contributed by atoms with Gasteiger partial charge in [0.05, 0.1) is 10.0 Å². The topological polar surface area (TPSA) is 52.0 Å². The van der Waals surface area contributed by atoms with E-state index in [0.29, 0.717) is 35.0 Å². The molecule has 0 bridgehead atoms. The van der Waals surface area contributed by atoms with Gasteiger partial charge in [0.15, 0.2) is 0 Å². The average molecular weight is 275 g/mol. The van der Waals surface area contributed by atoms with Crippen LogP contribution in [0, 0.1) is 5.92 Å². The summed E-state index contributed by atoms with van der Waals surface area (Å²) in [7, 11) is 0. The number of halogens is 2. The van der Waals surface area contributed by atoms with Crippen LogP contribution in [0.4, 0.5) is 0 Å². The van der Waals surface area contributed by atoms with E-state index < -0.39 is 0 Å². The first kappa shape index (κ1) is 14.8. The summed E-state index contributed by atoms with van der Waals surface area (Å²) in [5.74, 6) is 0.716. The van der Waals surface area contributed by atoms with E-state index in [2.05, 4.69) is 6.92 Å². The lowest BCUT2D eigenvalue weighted by atomic mass is 9.87. The molecule has 1 aromatic rings. The van der Waals surface area contributed by atoms with Gasteiger partial charge in [0, 0.05) is 0 Å². The highest BCUT2D eigenvalue weighted by atomic mass is 35.5. The van der Waals surface area contributed by atoms with E-state index in [1.54, 1.807) is 0 Å². The average Bonchev–Trinajstić information content (AvgIpc) is 2.35. The second-order valence-electron chi connectivity index (χ2n) is 4.32.